The van der Waals surface area contributed by atoms with E-state index in [1.165, 1.54) is 25.7 Å². The van der Waals surface area contributed by atoms with Gasteiger partial charge in [0.1, 0.15) is 0 Å². The first-order valence-corrected chi connectivity index (χ1v) is 3.93. The van der Waals surface area contributed by atoms with Gasteiger partial charge in [0.05, 0.1) is 6.04 Å². The molecule has 62 valence electrons. The van der Waals surface area contributed by atoms with E-state index in [-0.39, 0.29) is 5.48 Å². The number of hydrogen-bond acceptors (Lipinski definition) is 1. The van der Waals surface area contributed by atoms with Gasteiger partial charge in [0, 0.05) is 0 Å². The smallest absolute Gasteiger partial charge is 0.0844 e. The van der Waals surface area contributed by atoms with Crippen molar-refractivity contribution in [2.24, 2.45) is 5.41 Å². The van der Waals surface area contributed by atoms with Crippen LogP contribution in [0.15, 0.2) is 0 Å². The van der Waals surface area contributed by atoms with Crippen molar-refractivity contribution in [3.63, 3.8) is 0 Å². The van der Waals surface area contributed by atoms with Crippen molar-refractivity contribution in [2.45, 2.75) is 45.6 Å². The van der Waals surface area contributed by atoms with Gasteiger partial charge in [-0.05, 0) is 31.1 Å². The van der Waals surface area contributed by atoms with Gasteiger partial charge in [-0.25, -0.2) is 0 Å². The zero-order chi connectivity index (χ0) is 6.91. The summed E-state index contributed by atoms with van der Waals surface area (Å²) in [6.45, 7) is 4.72. The van der Waals surface area contributed by atoms with Crippen molar-refractivity contribution in [1.29, 1.82) is 0 Å². The van der Waals surface area contributed by atoms with Gasteiger partial charge < -0.3 is 11.2 Å². The fourth-order valence-electron chi connectivity index (χ4n) is 1.46. The summed E-state index contributed by atoms with van der Waals surface area (Å²) in [5, 5.41) is 0. The zero-order valence-corrected chi connectivity index (χ0v) is 7.06. The van der Waals surface area contributed by atoms with Gasteiger partial charge in [-0.15, -0.1) is 0 Å². The van der Waals surface area contributed by atoms with E-state index >= 15 is 0 Å². The molecule has 1 fully saturated rings. The van der Waals surface area contributed by atoms with Crippen LogP contribution in [-0.2, 0) is 0 Å². The number of hydrogen-bond donors (Lipinski definition) is 1. The fraction of sp³-hybridized carbons (Fsp3) is 1.00. The molecule has 0 heterocycles. The van der Waals surface area contributed by atoms with Crippen LogP contribution in [0.1, 0.15) is 39.5 Å². The standard InChI is InChI=1S/C8H17N.H2O/c1-8(2)5-3-7(9)4-6-8;/h7H,3-6,9H2,1-2H3;1H2. The predicted octanol–water partition coefficient (Wildman–Crippen LogP) is 1.02. The lowest BCUT2D eigenvalue weighted by Gasteiger charge is -2.30. The Morgan fingerprint density at radius 1 is 1.20 bits per heavy atom. The molecule has 0 unspecified atom stereocenters. The summed E-state index contributed by atoms with van der Waals surface area (Å²) >= 11 is 0. The monoisotopic (exact) mass is 145 g/mol. The molecule has 10 heavy (non-hydrogen) atoms. The van der Waals surface area contributed by atoms with Crippen molar-refractivity contribution in [3.05, 3.63) is 0 Å². The van der Waals surface area contributed by atoms with Crippen molar-refractivity contribution in [2.75, 3.05) is 0 Å². The van der Waals surface area contributed by atoms with Gasteiger partial charge in [0.25, 0.3) is 0 Å². The van der Waals surface area contributed by atoms with Crippen molar-refractivity contribution < 1.29 is 11.2 Å². The van der Waals surface area contributed by atoms with E-state index in [9.17, 15) is 0 Å². The minimum atomic E-state index is 0. The molecule has 2 heteroatoms. The maximum atomic E-state index is 4.06. The van der Waals surface area contributed by atoms with E-state index < -0.39 is 0 Å². The molecule has 1 rings (SSSR count). The molecule has 0 atom stereocenters. The Balaban J connectivity index is 0.000000810. The van der Waals surface area contributed by atoms with Crippen molar-refractivity contribution >= 4 is 0 Å². The van der Waals surface area contributed by atoms with Gasteiger partial charge in [-0.3, -0.25) is 0 Å². The molecule has 1 aliphatic carbocycles. The summed E-state index contributed by atoms with van der Waals surface area (Å²) in [6, 6.07) is 0.748. The fourth-order valence-corrected chi connectivity index (χ4v) is 1.46. The van der Waals surface area contributed by atoms with E-state index in [1.54, 1.807) is 0 Å². The largest absolute Gasteiger partial charge is 0.870 e. The summed E-state index contributed by atoms with van der Waals surface area (Å²) in [5.41, 5.74) is 4.68. The van der Waals surface area contributed by atoms with Crippen molar-refractivity contribution in [3.8, 4) is 0 Å². The molecule has 0 aromatic carbocycles. The molecule has 4 N–H and O–H groups in total. The second-order valence-corrected chi connectivity index (χ2v) is 4.11. The lowest BCUT2D eigenvalue weighted by Crippen LogP contribution is -2.62. The third kappa shape index (κ3) is 2.67. The Hall–Kier alpha value is -0.0800. The first-order chi connectivity index (χ1) is 4.10. The molecule has 0 aromatic heterocycles. The Labute approximate surface area is 63.1 Å². The maximum absolute atomic E-state index is 4.06. The Bertz CT molecular complexity index is 91.4. The quantitative estimate of drug-likeness (QED) is 0.543. The van der Waals surface area contributed by atoms with Crippen LogP contribution in [0.2, 0.25) is 0 Å². The summed E-state index contributed by atoms with van der Waals surface area (Å²) in [5.74, 6) is 0. The first kappa shape index (κ1) is 9.92. The van der Waals surface area contributed by atoms with Crippen LogP contribution >= 0.6 is 0 Å². The Morgan fingerprint density at radius 2 is 1.60 bits per heavy atom. The molecular weight excluding hydrogens is 126 g/mol. The van der Waals surface area contributed by atoms with Crippen LogP contribution in [0.4, 0.5) is 0 Å². The molecule has 2 nitrogen and oxygen atoms in total. The predicted molar refractivity (Wildman–Crippen MR) is 40.9 cm³/mol. The highest BCUT2D eigenvalue weighted by atomic mass is 16.0. The molecular formula is C8H19NO. The molecule has 1 aliphatic rings. The maximum Gasteiger partial charge on any atom is 0.0844 e. The lowest BCUT2D eigenvalue weighted by molar-refractivity contribution is -0.427. The SMILES string of the molecule is CC1(C)CCC([NH3+])CC1.[OH-]. The molecule has 0 saturated heterocycles. The van der Waals surface area contributed by atoms with Crippen LogP contribution in [0.25, 0.3) is 0 Å². The third-order valence-corrected chi connectivity index (χ3v) is 2.46. The summed E-state index contributed by atoms with van der Waals surface area (Å²) in [4.78, 5) is 0. The average Bonchev–Trinajstić information content (AvgIpc) is 1.78. The highest BCUT2D eigenvalue weighted by Gasteiger charge is 2.26. The van der Waals surface area contributed by atoms with Gasteiger partial charge in [0.2, 0.25) is 0 Å². The van der Waals surface area contributed by atoms with Crippen LogP contribution in [0.5, 0.6) is 0 Å². The second-order valence-electron chi connectivity index (χ2n) is 4.11. The van der Waals surface area contributed by atoms with Gasteiger partial charge in [-0.2, -0.15) is 0 Å². The van der Waals surface area contributed by atoms with E-state index in [2.05, 4.69) is 19.6 Å². The molecule has 0 spiro atoms. The highest BCUT2D eigenvalue weighted by Crippen LogP contribution is 2.33. The van der Waals surface area contributed by atoms with Crippen LogP contribution < -0.4 is 5.73 Å². The molecule has 0 amide bonds. The van der Waals surface area contributed by atoms with E-state index in [4.69, 9.17) is 0 Å². The van der Waals surface area contributed by atoms with Crippen LogP contribution in [-0.4, -0.2) is 11.5 Å². The van der Waals surface area contributed by atoms with Crippen LogP contribution in [0.3, 0.4) is 0 Å². The van der Waals surface area contributed by atoms with E-state index in [0.29, 0.717) is 5.41 Å². The second kappa shape index (κ2) is 3.35. The Kier molecular flexibility index (Phi) is 3.33. The molecule has 0 bridgehead atoms. The van der Waals surface area contributed by atoms with E-state index in [0.717, 1.165) is 6.04 Å². The normalized spacial score (nSPS) is 25.5. The summed E-state index contributed by atoms with van der Waals surface area (Å²) in [7, 11) is 0. The van der Waals surface area contributed by atoms with Crippen molar-refractivity contribution in [1.82, 2.24) is 0 Å². The minimum Gasteiger partial charge on any atom is -0.870 e. The molecule has 0 aromatic rings. The molecule has 0 aliphatic heterocycles. The summed E-state index contributed by atoms with van der Waals surface area (Å²) in [6.07, 6.45) is 5.43. The zero-order valence-electron chi connectivity index (χ0n) is 7.06. The molecule has 1 saturated carbocycles. The van der Waals surface area contributed by atoms with Gasteiger partial charge >= 0.3 is 0 Å². The van der Waals surface area contributed by atoms with Gasteiger partial charge in [0.15, 0.2) is 0 Å². The topological polar surface area (TPSA) is 57.6 Å². The highest BCUT2D eigenvalue weighted by molar-refractivity contribution is 4.76. The first-order valence-electron chi connectivity index (χ1n) is 3.93. The summed E-state index contributed by atoms with van der Waals surface area (Å²) < 4.78 is 0. The Morgan fingerprint density at radius 3 is 1.90 bits per heavy atom. The average molecular weight is 145 g/mol. The van der Waals surface area contributed by atoms with Gasteiger partial charge in [-0.1, -0.05) is 13.8 Å². The minimum absolute atomic E-state index is 0. The van der Waals surface area contributed by atoms with E-state index in [1.807, 2.05) is 0 Å². The molecule has 0 radical (unpaired) electrons. The number of quaternary nitrogens is 1. The third-order valence-electron chi connectivity index (χ3n) is 2.46. The lowest BCUT2D eigenvalue weighted by atomic mass is 9.76. The van der Waals surface area contributed by atoms with Crippen LogP contribution in [0, 0.1) is 5.41 Å². The number of rotatable bonds is 0.